The Morgan fingerprint density at radius 1 is 0.854 bits per heavy atom. The Bertz CT molecular complexity index is 1560. The topological polar surface area (TPSA) is 103 Å². The molecule has 1 aliphatic heterocycles. The first-order valence-electron chi connectivity index (χ1n) is 13.7. The van der Waals surface area contributed by atoms with Gasteiger partial charge in [-0.25, -0.2) is 10.1 Å². The van der Waals surface area contributed by atoms with Crippen LogP contribution in [0.25, 0.3) is 17.2 Å². The predicted octanol–water partition coefficient (Wildman–Crippen LogP) is 6.66. The fraction of sp³-hybridized carbons (Fsp3) is 0.176. The van der Waals surface area contributed by atoms with Gasteiger partial charge in [0, 0.05) is 29.8 Å². The van der Waals surface area contributed by atoms with Gasteiger partial charge in [0.25, 0.3) is 5.91 Å². The second kappa shape index (κ2) is 13.0. The molecule has 0 spiro atoms. The largest absolute Gasteiger partial charge is 0.489 e. The molecule has 0 unspecified atom stereocenters. The van der Waals surface area contributed by atoms with Crippen molar-refractivity contribution in [3.05, 3.63) is 119 Å². The third-order valence-electron chi connectivity index (χ3n) is 6.71. The molecule has 1 amide bonds. The minimum absolute atomic E-state index is 0.222. The fourth-order valence-corrected chi connectivity index (χ4v) is 4.57. The number of anilines is 1. The Hall–Kier alpha value is -4.88. The van der Waals surface area contributed by atoms with Gasteiger partial charge in [0.1, 0.15) is 24.8 Å². The molecule has 4 aromatic rings. The number of ether oxygens (including phenoxy) is 1. The number of nitrogens with zero attached hydrogens (tertiary/aromatic N) is 2. The number of hydrogen-bond acceptors (Lipinski definition) is 6. The molecular formula is C34H34N4O3. The molecule has 7 nitrogen and oxygen atoms in total. The van der Waals surface area contributed by atoms with Crippen LogP contribution >= 0.6 is 0 Å². The van der Waals surface area contributed by atoms with Gasteiger partial charge in [-0.05, 0) is 65.1 Å². The number of nitrogens with two attached hydrogens (primary N) is 2. The fourth-order valence-electron chi connectivity index (χ4n) is 4.57. The van der Waals surface area contributed by atoms with Gasteiger partial charge < -0.3 is 16.2 Å². The molecule has 0 saturated heterocycles. The highest BCUT2D eigenvalue weighted by Gasteiger charge is 2.22. The minimum Gasteiger partial charge on any atom is -0.489 e. The lowest BCUT2D eigenvalue weighted by Gasteiger charge is -2.22. The number of fused-ring (bicyclic) bond motifs is 1. The molecule has 0 fully saturated rings. The average Bonchev–Trinajstić information content (AvgIpc) is 3.17. The van der Waals surface area contributed by atoms with E-state index >= 15 is 0 Å². The quantitative estimate of drug-likeness (QED) is 0.171. The molecule has 1 aliphatic rings. The third-order valence-corrected chi connectivity index (χ3v) is 6.71. The molecule has 1 heterocycles. The summed E-state index contributed by atoms with van der Waals surface area (Å²) in [6.45, 7) is 3.21. The zero-order valence-corrected chi connectivity index (χ0v) is 23.1. The van der Waals surface area contributed by atoms with Gasteiger partial charge in [-0.15, -0.1) is 0 Å². The van der Waals surface area contributed by atoms with Crippen molar-refractivity contribution >= 4 is 29.2 Å². The summed E-state index contributed by atoms with van der Waals surface area (Å²) in [6, 6.07) is 31.4. The summed E-state index contributed by atoms with van der Waals surface area (Å²) in [5, 5.41) is 1.41. The first-order valence-corrected chi connectivity index (χ1v) is 13.7. The Kier molecular flexibility index (Phi) is 8.76. The maximum Gasteiger partial charge on any atom is 0.273 e. The van der Waals surface area contributed by atoms with Gasteiger partial charge in [0.2, 0.25) is 0 Å². The molecule has 0 aromatic heterocycles. The monoisotopic (exact) mass is 546 g/mol. The zero-order chi connectivity index (χ0) is 28.6. The maximum atomic E-state index is 13.5. The number of carbonyl (C=O) groups is 1. The van der Waals surface area contributed by atoms with Crippen LogP contribution in [-0.4, -0.2) is 23.4 Å². The first-order chi connectivity index (χ1) is 20.0. The zero-order valence-electron chi connectivity index (χ0n) is 23.1. The maximum absolute atomic E-state index is 13.5. The summed E-state index contributed by atoms with van der Waals surface area (Å²) in [6.07, 6.45) is 2.84. The Balaban J connectivity index is 1.34. The van der Waals surface area contributed by atoms with E-state index in [-0.39, 0.29) is 18.9 Å². The van der Waals surface area contributed by atoms with Gasteiger partial charge in [0.05, 0.1) is 5.69 Å². The van der Waals surface area contributed by atoms with E-state index in [1.165, 1.54) is 5.06 Å². The van der Waals surface area contributed by atoms with Crippen LogP contribution in [0, 0.1) is 0 Å². The summed E-state index contributed by atoms with van der Waals surface area (Å²) in [7, 11) is 0. The summed E-state index contributed by atoms with van der Waals surface area (Å²) < 4.78 is 6.02. The number of amidine groups is 1. The number of carbonyl (C=O) groups excluding carboxylic acids is 1. The van der Waals surface area contributed by atoms with Gasteiger partial charge in [-0.3, -0.25) is 9.63 Å². The second-order valence-electron chi connectivity index (χ2n) is 9.95. The number of rotatable bonds is 10. The number of aliphatic imine (C=N–C) groups is 1. The smallest absolute Gasteiger partial charge is 0.273 e. The molecule has 0 bridgehead atoms. The van der Waals surface area contributed by atoms with Gasteiger partial charge >= 0.3 is 0 Å². The van der Waals surface area contributed by atoms with Crippen molar-refractivity contribution in [3.8, 4) is 16.9 Å². The predicted molar refractivity (Wildman–Crippen MR) is 164 cm³/mol. The highest BCUT2D eigenvalue weighted by Crippen LogP contribution is 2.33. The molecule has 4 aromatic carbocycles. The molecule has 41 heavy (non-hydrogen) atoms. The van der Waals surface area contributed by atoms with Crippen LogP contribution in [0.5, 0.6) is 5.75 Å². The first kappa shape index (κ1) is 27.7. The molecule has 208 valence electrons. The van der Waals surface area contributed by atoms with Gasteiger partial charge in [-0.1, -0.05) is 73.7 Å². The van der Waals surface area contributed by atoms with Crippen molar-refractivity contribution in [2.24, 2.45) is 10.7 Å². The van der Waals surface area contributed by atoms with Crippen molar-refractivity contribution in [3.63, 3.8) is 0 Å². The van der Waals surface area contributed by atoms with E-state index in [4.69, 9.17) is 21.0 Å². The number of nitrogen functional groups attached to an aromatic ring is 1. The number of hydroxylamine groups is 2. The van der Waals surface area contributed by atoms with Crippen molar-refractivity contribution in [1.82, 2.24) is 5.06 Å². The average molecular weight is 547 g/mol. The van der Waals surface area contributed by atoms with E-state index in [0.717, 1.165) is 40.0 Å². The van der Waals surface area contributed by atoms with E-state index in [1.54, 1.807) is 0 Å². The summed E-state index contributed by atoms with van der Waals surface area (Å²) in [4.78, 5) is 24.1. The SMILES string of the molecule is CCCN(OCc1ccc(N)cc1)C(=O)C1=Cc2ccc(-c3cccc(OCc4ccccc4)c3)cc2N=C(N)C1. The Labute approximate surface area is 240 Å². The second-order valence-corrected chi connectivity index (χ2v) is 9.95. The van der Waals surface area contributed by atoms with Gasteiger partial charge in [-0.2, -0.15) is 0 Å². The van der Waals surface area contributed by atoms with Crippen LogP contribution in [-0.2, 0) is 22.8 Å². The third kappa shape index (κ3) is 7.21. The normalized spacial score (nSPS) is 12.5. The van der Waals surface area contributed by atoms with Crippen LogP contribution in [0.4, 0.5) is 11.4 Å². The number of amides is 1. The Morgan fingerprint density at radius 3 is 2.39 bits per heavy atom. The van der Waals surface area contributed by atoms with E-state index < -0.39 is 0 Å². The number of hydrogen-bond donors (Lipinski definition) is 2. The summed E-state index contributed by atoms with van der Waals surface area (Å²) >= 11 is 0. The highest BCUT2D eigenvalue weighted by molar-refractivity contribution is 6.05. The van der Waals surface area contributed by atoms with Crippen LogP contribution in [0.1, 0.15) is 36.5 Å². The summed E-state index contributed by atoms with van der Waals surface area (Å²) in [5.41, 5.74) is 18.8. The van der Waals surface area contributed by atoms with Crippen molar-refractivity contribution in [2.45, 2.75) is 33.0 Å². The Morgan fingerprint density at radius 2 is 1.61 bits per heavy atom. The van der Waals surface area contributed by atoms with Crippen LogP contribution in [0.2, 0.25) is 0 Å². The van der Waals surface area contributed by atoms with E-state index in [1.807, 2.05) is 110 Å². The van der Waals surface area contributed by atoms with Crippen molar-refractivity contribution in [1.29, 1.82) is 0 Å². The minimum atomic E-state index is -0.222. The van der Waals surface area contributed by atoms with Crippen LogP contribution in [0.15, 0.2) is 108 Å². The van der Waals surface area contributed by atoms with Crippen molar-refractivity contribution in [2.75, 3.05) is 12.3 Å². The number of benzene rings is 4. The lowest BCUT2D eigenvalue weighted by atomic mass is 10.0. The molecule has 0 aliphatic carbocycles. The van der Waals surface area contributed by atoms with Crippen molar-refractivity contribution < 1.29 is 14.4 Å². The molecule has 0 radical (unpaired) electrons. The molecule has 4 N–H and O–H groups in total. The molecular weight excluding hydrogens is 512 g/mol. The van der Waals surface area contributed by atoms with Crippen LogP contribution in [0.3, 0.4) is 0 Å². The lowest BCUT2D eigenvalue weighted by Crippen LogP contribution is -2.34. The van der Waals surface area contributed by atoms with Crippen LogP contribution < -0.4 is 16.2 Å². The molecule has 0 atom stereocenters. The lowest BCUT2D eigenvalue weighted by molar-refractivity contribution is -0.187. The van der Waals surface area contributed by atoms with E-state index in [2.05, 4.69) is 4.99 Å². The van der Waals surface area contributed by atoms with E-state index in [9.17, 15) is 4.79 Å². The standard InChI is InChI=1S/C34H34N4O3/c1-2-17-38(41-23-25-11-15-30(35)16-12-25)34(39)29-18-28-14-13-27(20-32(28)37-33(36)21-29)26-9-6-10-31(19-26)40-22-24-7-4-3-5-8-24/h3-16,18-20H,2,17,21-23,35H2,1H3,(H2,36,37). The van der Waals surface area contributed by atoms with E-state index in [0.29, 0.717) is 35.9 Å². The molecule has 0 saturated carbocycles. The summed E-state index contributed by atoms with van der Waals surface area (Å²) in [5.74, 6) is 0.933. The molecule has 7 heteroatoms. The molecule has 5 rings (SSSR count). The highest BCUT2D eigenvalue weighted by atomic mass is 16.7. The van der Waals surface area contributed by atoms with Gasteiger partial charge in [0.15, 0.2) is 0 Å².